The molecule has 8 heteroatoms. The highest BCUT2D eigenvalue weighted by Gasteiger charge is 2.15. The molecule has 2 heterocycles. The predicted octanol–water partition coefficient (Wildman–Crippen LogP) is 1.08. The van der Waals surface area contributed by atoms with Gasteiger partial charge in [0.25, 0.3) is 0 Å². The molecule has 0 radical (unpaired) electrons. The molecule has 0 fully saturated rings. The van der Waals surface area contributed by atoms with Crippen LogP contribution in [0.4, 0.5) is 0 Å². The van der Waals surface area contributed by atoms with Crippen LogP contribution < -0.4 is 10.0 Å². The van der Waals surface area contributed by atoms with Crippen LogP contribution in [0.15, 0.2) is 34.8 Å². The number of rotatable bonds is 9. The Hall–Kier alpha value is -1.22. The van der Waals surface area contributed by atoms with Crippen molar-refractivity contribution in [2.75, 3.05) is 20.1 Å². The molecule has 2 N–H and O–H groups in total. The fourth-order valence-electron chi connectivity index (χ4n) is 1.87. The zero-order valence-corrected chi connectivity index (χ0v) is 13.6. The molecule has 2 rings (SSSR count). The van der Waals surface area contributed by atoms with Crippen molar-refractivity contribution in [1.82, 2.24) is 19.8 Å². The van der Waals surface area contributed by atoms with Gasteiger partial charge in [0.2, 0.25) is 10.0 Å². The highest BCUT2D eigenvalue weighted by molar-refractivity contribution is 7.89. The Morgan fingerprint density at radius 2 is 2.24 bits per heavy atom. The number of aromatic nitrogens is 2. The van der Waals surface area contributed by atoms with Crippen LogP contribution in [0.25, 0.3) is 0 Å². The van der Waals surface area contributed by atoms with Crippen molar-refractivity contribution in [2.24, 2.45) is 0 Å². The van der Waals surface area contributed by atoms with Crippen LogP contribution in [0.3, 0.4) is 0 Å². The van der Waals surface area contributed by atoms with E-state index < -0.39 is 10.0 Å². The minimum atomic E-state index is -3.47. The van der Waals surface area contributed by atoms with E-state index in [0.29, 0.717) is 19.5 Å². The maximum absolute atomic E-state index is 12.1. The molecule has 0 unspecified atom stereocenters. The Bertz CT molecular complexity index is 635. The first kappa shape index (κ1) is 16.2. The average molecular weight is 328 g/mol. The van der Waals surface area contributed by atoms with Crippen LogP contribution in [0.5, 0.6) is 0 Å². The number of nitrogens with zero attached hydrogens (tertiary/aromatic N) is 2. The van der Waals surface area contributed by atoms with Gasteiger partial charge in [-0.25, -0.2) is 13.1 Å². The lowest BCUT2D eigenvalue weighted by atomic mass is 10.3. The summed E-state index contributed by atoms with van der Waals surface area (Å²) in [7, 11) is -1.58. The summed E-state index contributed by atoms with van der Waals surface area (Å²) >= 11 is 1.63. The highest BCUT2D eigenvalue weighted by Crippen LogP contribution is 2.10. The molecule has 0 saturated heterocycles. The van der Waals surface area contributed by atoms with Crippen molar-refractivity contribution in [3.8, 4) is 0 Å². The summed E-state index contributed by atoms with van der Waals surface area (Å²) in [5, 5.41) is 9.11. The van der Waals surface area contributed by atoms with Crippen LogP contribution in [0, 0.1) is 0 Å². The number of thiophene rings is 1. The lowest BCUT2D eigenvalue weighted by Gasteiger charge is -2.03. The quantitative estimate of drug-likeness (QED) is 0.675. The minimum Gasteiger partial charge on any atom is -0.320 e. The number of aryl methyl sites for hydroxylation is 1. The summed E-state index contributed by atoms with van der Waals surface area (Å²) in [5.41, 5.74) is 0. The summed E-state index contributed by atoms with van der Waals surface area (Å²) in [6.45, 7) is 1.97. The summed E-state index contributed by atoms with van der Waals surface area (Å²) in [5.74, 6) is 0. The number of nitrogens with one attached hydrogen (secondary N) is 2. The molecule has 0 atom stereocenters. The molecule has 0 saturated carbocycles. The third-order valence-electron chi connectivity index (χ3n) is 2.98. The van der Waals surface area contributed by atoms with Crippen LogP contribution in [0.1, 0.15) is 11.3 Å². The van der Waals surface area contributed by atoms with Crippen molar-refractivity contribution in [3.63, 3.8) is 0 Å². The highest BCUT2D eigenvalue weighted by atomic mass is 32.2. The molecule has 0 spiro atoms. The Labute approximate surface area is 129 Å². The number of sulfonamides is 1. The van der Waals surface area contributed by atoms with Gasteiger partial charge in [-0.3, -0.25) is 4.68 Å². The Kier molecular flexibility index (Phi) is 5.92. The van der Waals surface area contributed by atoms with E-state index in [2.05, 4.69) is 15.1 Å². The second kappa shape index (κ2) is 7.69. The Morgan fingerprint density at radius 3 is 2.95 bits per heavy atom. The van der Waals surface area contributed by atoms with Gasteiger partial charge in [0.15, 0.2) is 0 Å². The van der Waals surface area contributed by atoms with E-state index in [9.17, 15) is 8.42 Å². The van der Waals surface area contributed by atoms with Crippen molar-refractivity contribution < 1.29 is 8.42 Å². The zero-order valence-electron chi connectivity index (χ0n) is 11.9. The van der Waals surface area contributed by atoms with E-state index in [1.165, 1.54) is 11.1 Å². The minimum absolute atomic E-state index is 0.220. The molecule has 0 aliphatic carbocycles. The lowest BCUT2D eigenvalue weighted by molar-refractivity contribution is 0.560. The molecule has 0 aromatic carbocycles. The van der Waals surface area contributed by atoms with Gasteiger partial charge in [-0.15, -0.1) is 11.3 Å². The van der Waals surface area contributed by atoms with E-state index in [0.717, 1.165) is 13.0 Å². The second-order valence-electron chi connectivity index (χ2n) is 4.62. The Morgan fingerprint density at radius 1 is 1.38 bits per heavy atom. The van der Waals surface area contributed by atoms with E-state index in [1.54, 1.807) is 22.2 Å². The summed E-state index contributed by atoms with van der Waals surface area (Å²) < 4.78 is 28.5. The van der Waals surface area contributed by atoms with Crippen LogP contribution >= 0.6 is 11.3 Å². The molecule has 2 aromatic rings. The molecule has 2 aromatic heterocycles. The largest absolute Gasteiger partial charge is 0.320 e. The molecule has 0 aliphatic rings. The van der Waals surface area contributed by atoms with Gasteiger partial charge in [-0.05, 0) is 37.9 Å². The predicted molar refractivity (Wildman–Crippen MR) is 84.0 cm³/mol. The molecule has 21 heavy (non-hydrogen) atoms. The van der Waals surface area contributed by atoms with Crippen LogP contribution in [0.2, 0.25) is 0 Å². The summed E-state index contributed by atoms with van der Waals surface area (Å²) in [6.07, 6.45) is 4.58. The molecule has 0 aliphatic heterocycles. The van der Waals surface area contributed by atoms with E-state index in [-0.39, 0.29) is 4.90 Å². The fraction of sp³-hybridized carbons (Fsp3) is 0.462. The smallest absolute Gasteiger partial charge is 0.243 e. The maximum Gasteiger partial charge on any atom is 0.243 e. The SMILES string of the molecule is CNCCCn1cc(S(=O)(=O)NCCc2cccs2)cn1. The van der Waals surface area contributed by atoms with Gasteiger partial charge < -0.3 is 5.32 Å². The van der Waals surface area contributed by atoms with Gasteiger partial charge >= 0.3 is 0 Å². The van der Waals surface area contributed by atoms with Crippen molar-refractivity contribution in [2.45, 2.75) is 24.3 Å². The van der Waals surface area contributed by atoms with E-state index in [4.69, 9.17) is 0 Å². The Balaban J connectivity index is 1.86. The fourth-order valence-corrected chi connectivity index (χ4v) is 3.56. The molecule has 0 bridgehead atoms. The lowest BCUT2D eigenvalue weighted by Crippen LogP contribution is -2.25. The van der Waals surface area contributed by atoms with Gasteiger partial charge in [0.05, 0.1) is 6.20 Å². The average Bonchev–Trinajstić information content (AvgIpc) is 3.10. The van der Waals surface area contributed by atoms with Crippen molar-refractivity contribution in [3.05, 3.63) is 34.8 Å². The molecule has 116 valence electrons. The number of hydrogen-bond donors (Lipinski definition) is 2. The number of hydrogen-bond acceptors (Lipinski definition) is 5. The first-order valence-corrected chi connectivity index (χ1v) is 9.17. The van der Waals surface area contributed by atoms with E-state index in [1.807, 2.05) is 24.6 Å². The zero-order chi connectivity index (χ0) is 15.1. The molecule has 6 nitrogen and oxygen atoms in total. The van der Waals surface area contributed by atoms with Gasteiger partial charge in [-0.1, -0.05) is 6.07 Å². The van der Waals surface area contributed by atoms with E-state index >= 15 is 0 Å². The summed E-state index contributed by atoms with van der Waals surface area (Å²) in [6, 6.07) is 3.96. The molecular formula is C13H20N4O2S2. The van der Waals surface area contributed by atoms with Crippen molar-refractivity contribution in [1.29, 1.82) is 0 Å². The third kappa shape index (κ3) is 4.92. The van der Waals surface area contributed by atoms with Gasteiger partial charge in [-0.2, -0.15) is 5.10 Å². The molecule has 0 amide bonds. The monoisotopic (exact) mass is 328 g/mol. The third-order valence-corrected chi connectivity index (χ3v) is 5.33. The maximum atomic E-state index is 12.1. The normalized spacial score (nSPS) is 11.9. The first-order valence-electron chi connectivity index (χ1n) is 6.81. The second-order valence-corrected chi connectivity index (χ2v) is 7.42. The standard InChI is InChI=1S/C13H20N4O2S2/c1-14-6-3-8-17-11-13(10-15-17)21(18,19)16-7-5-12-4-2-9-20-12/h2,4,9-11,14,16H,3,5-8H2,1H3. The topological polar surface area (TPSA) is 76.0 Å². The summed E-state index contributed by atoms with van der Waals surface area (Å²) in [4.78, 5) is 1.39. The van der Waals surface area contributed by atoms with Gasteiger partial charge in [0, 0.05) is 24.2 Å². The first-order chi connectivity index (χ1) is 10.1. The molecular weight excluding hydrogens is 308 g/mol. The van der Waals surface area contributed by atoms with Crippen LogP contribution in [-0.2, 0) is 23.0 Å². The van der Waals surface area contributed by atoms with Crippen LogP contribution in [-0.4, -0.2) is 38.3 Å². The van der Waals surface area contributed by atoms with Gasteiger partial charge in [0.1, 0.15) is 4.90 Å². The van der Waals surface area contributed by atoms with Crippen molar-refractivity contribution >= 4 is 21.4 Å².